The van der Waals surface area contributed by atoms with Gasteiger partial charge in [-0.05, 0) is 36.4 Å². The lowest BCUT2D eigenvalue weighted by atomic mass is 10.1. The summed E-state index contributed by atoms with van der Waals surface area (Å²) in [5, 5.41) is 14.9. The molecule has 0 aliphatic heterocycles. The molecule has 0 aliphatic carbocycles. The van der Waals surface area contributed by atoms with Crippen molar-refractivity contribution < 1.29 is 18.8 Å². The maximum atomic E-state index is 13.9. The fourth-order valence-corrected chi connectivity index (χ4v) is 2.30. The molecule has 0 radical (unpaired) electrons. The zero-order valence-corrected chi connectivity index (χ0v) is 14.5. The number of hydrogen-bond donors (Lipinski definition) is 0. The number of hydrogen-bond acceptors (Lipinski definition) is 5. The molecule has 9 heteroatoms. The van der Waals surface area contributed by atoms with E-state index in [-0.39, 0.29) is 17.5 Å². The molecule has 0 unspecified atom stereocenters. The van der Waals surface area contributed by atoms with Crippen LogP contribution in [0.3, 0.4) is 0 Å². The number of amides is 1. The highest BCUT2D eigenvalue weighted by molar-refractivity contribution is 5.76. The quantitative estimate of drug-likeness (QED) is 0.513. The lowest BCUT2D eigenvalue weighted by Crippen LogP contribution is -2.27. The van der Waals surface area contributed by atoms with Crippen LogP contribution < -0.4 is 4.74 Å². The molecule has 0 bridgehead atoms. The highest BCUT2D eigenvalue weighted by atomic mass is 19.1. The molecule has 8 nitrogen and oxygen atoms in total. The van der Waals surface area contributed by atoms with Gasteiger partial charge >= 0.3 is 6.03 Å². The Morgan fingerprint density at radius 3 is 2.48 bits per heavy atom. The third kappa shape index (κ3) is 3.92. The van der Waals surface area contributed by atoms with E-state index in [9.17, 15) is 19.3 Å². The van der Waals surface area contributed by atoms with Crippen LogP contribution in [0, 0.1) is 15.9 Å². The number of rotatable bonds is 4. The number of benzene rings is 2. The minimum absolute atomic E-state index is 0.116. The molecule has 1 amide bonds. The van der Waals surface area contributed by atoms with Gasteiger partial charge in [0.15, 0.2) is 11.6 Å². The Hall–Kier alpha value is -3.75. The van der Waals surface area contributed by atoms with E-state index in [1.807, 2.05) is 0 Å². The highest BCUT2D eigenvalue weighted by Gasteiger charge is 2.13. The standard InChI is InChI=1S/C18H15FN4O4/c1-21(2)18(24)22-10-9-16(20-22)12-3-6-14(7-4-12)27-17-8-5-13(23(25)26)11-15(17)19/h3-11H,1-2H3. The minimum Gasteiger partial charge on any atom is -0.454 e. The van der Waals surface area contributed by atoms with Gasteiger partial charge in [-0.25, -0.2) is 9.18 Å². The molecule has 0 aliphatic rings. The predicted molar refractivity (Wildman–Crippen MR) is 95.3 cm³/mol. The van der Waals surface area contributed by atoms with E-state index in [1.165, 1.54) is 21.7 Å². The van der Waals surface area contributed by atoms with E-state index in [0.29, 0.717) is 11.4 Å². The summed E-state index contributed by atoms with van der Waals surface area (Å²) >= 11 is 0. The van der Waals surface area contributed by atoms with Gasteiger partial charge in [-0.3, -0.25) is 10.1 Å². The number of aromatic nitrogens is 2. The van der Waals surface area contributed by atoms with Crippen LogP contribution in [0.2, 0.25) is 0 Å². The summed E-state index contributed by atoms with van der Waals surface area (Å²) in [6, 6.07) is 11.3. The molecule has 27 heavy (non-hydrogen) atoms. The molecule has 1 aromatic heterocycles. The Morgan fingerprint density at radius 1 is 1.19 bits per heavy atom. The summed E-state index contributed by atoms with van der Waals surface area (Å²) in [6.07, 6.45) is 1.56. The summed E-state index contributed by atoms with van der Waals surface area (Å²) in [7, 11) is 3.26. The van der Waals surface area contributed by atoms with Gasteiger partial charge in [-0.2, -0.15) is 9.78 Å². The van der Waals surface area contributed by atoms with Crippen molar-refractivity contribution in [3.63, 3.8) is 0 Å². The van der Waals surface area contributed by atoms with Gasteiger partial charge in [0, 0.05) is 31.9 Å². The fourth-order valence-electron chi connectivity index (χ4n) is 2.30. The first-order chi connectivity index (χ1) is 12.8. The maximum Gasteiger partial charge on any atom is 0.344 e. The third-order valence-electron chi connectivity index (χ3n) is 3.67. The summed E-state index contributed by atoms with van der Waals surface area (Å²) in [5.41, 5.74) is 0.994. The number of halogens is 1. The molecule has 0 fully saturated rings. The van der Waals surface area contributed by atoms with E-state index < -0.39 is 10.7 Å². The summed E-state index contributed by atoms with van der Waals surface area (Å²) < 4.78 is 20.6. The second-order valence-electron chi connectivity index (χ2n) is 5.82. The lowest BCUT2D eigenvalue weighted by Gasteiger charge is -2.09. The topological polar surface area (TPSA) is 90.5 Å². The largest absolute Gasteiger partial charge is 0.454 e. The van der Waals surface area contributed by atoms with E-state index in [4.69, 9.17) is 4.74 Å². The van der Waals surface area contributed by atoms with Crippen LogP contribution in [0.25, 0.3) is 11.3 Å². The molecule has 138 valence electrons. The number of nitro groups is 1. The second kappa shape index (κ2) is 7.24. The number of nitro benzene ring substituents is 1. The maximum absolute atomic E-state index is 13.9. The molecule has 3 rings (SSSR count). The summed E-state index contributed by atoms with van der Waals surface area (Å²) in [5.74, 6) is -0.585. The van der Waals surface area contributed by atoms with Crippen molar-refractivity contribution in [1.82, 2.24) is 14.7 Å². The van der Waals surface area contributed by atoms with Crippen molar-refractivity contribution in [2.45, 2.75) is 0 Å². The van der Waals surface area contributed by atoms with Gasteiger partial charge in [-0.1, -0.05) is 0 Å². The third-order valence-corrected chi connectivity index (χ3v) is 3.67. The van der Waals surface area contributed by atoms with Crippen LogP contribution in [-0.4, -0.2) is 39.7 Å². The second-order valence-corrected chi connectivity index (χ2v) is 5.82. The molecule has 0 saturated carbocycles. The lowest BCUT2D eigenvalue weighted by molar-refractivity contribution is -0.385. The molecular weight excluding hydrogens is 355 g/mol. The van der Waals surface area contributed by atoms with Gasteiger partial charge < -0.3 is 9.64 Å². The Balaban J connectivity index is 1.76. The van der Waals surface area contributed by atoms with Gasteiger partial charge in [0.1, 0.15) is 5.75 Å². The van der Waals surface area contributed by atoms with Crippen molar-refractivity contribution in [3.8, 4) is 22.8 Å². The van der Waals surface area contributed by atoms with Crippen LogP contribution in [0.4, 0.5) is 14.9 Å². The smallest absolute Gasteiger partial charge is 0.344 e. The molecule has 3 aromatic rings. The first-order valence-corrected chi connectivity index (χ1v) is 7.84. The average molecular weight is 370 g/mol. The van der Waals surface area contributed by atoms with Gasteiger partial charge in [-0.15, -0.1) is 0 Å². The number of non-ortho nitro benzene ring substituents is 1. The zero-order valence-electron chi connectivity index (χ0n) is 14.5. The number of carbonyl (C=O) groups excluding carboxylic acids is 1. The Labute approximate surface area is 153 Å². The van der Waals surface area contributed by atoms with E-state index in [1.54, 1.807) is 50.6 Å². The molecule has 0 saturated heterocycles. The number of nitrogens with zero attached hydrogens (tertiary/aromatic N) is 4. The Bertz CT molecular complexity index is 999. The average Bonchev–Trinajstić information content (AvgIpc) is 3.13. The van der Waals surface area contributed by atoms with Crippen LogP contribution >= 0.6 is 0 Å². The number of ether oxygens (including phenoxy) is 1. The first kappa shape index (κ1) is 18.1. The first-order valence-electron chi connectivity index (χ1n) is 7.84. The van der Waals surface area contributed by atoms with E-state index in [0.717, 1.165) is 11.6 Å². The van der Waals surface area contributed by atoms with Crippen LogP contribution in [-0.2, 0) is 0 Å². The molecule has 0 atom stereocenters. The molecule has 1 heterocycles. The molecule has 0 N–H and O–H groups in total. The SMILES string of the molecule is CN(C)C(=O)n1ccc(-c2ccc(Oc3ccc([N+](=O)[O-])cc3F)cc2)n1. The summed E-state index contributed by atoms with van der Waals surface area (Å²) in [4.78, 5) is 23.2. The molecular formula is C18H15FN4O4. The van der Waals surface area contributed by atoms with Crippen LogP contribution in [0.1, 0.15) is 0 Å². The van der Waals surface area contributed by atoms with Crippen molar-refractivity contribution in [3.05, 3.63) is 70.7 Å². The highest BCUT2D eigenvalue weighted by Crippen LogP contribution is 2.29. The van der Waals surface area contributed by atoms with Gasteiger partial charge in [0.05, 0.1) is 16.7 Å². The van der Waals surface area contributed by atoms with Crippen molar-refractivity contribution >= 4 is 11.7 Å². The Morgan fingerprint density at radius 2 is 1.89 bits per heavy atom. The summed E-state index contributed by atoms with van der Waals surface area (Å²) in [6.45, 7) is 0. The molecule has 0 spiro atoms. The van der Waals surface area contributed by atoms with E-state index in [2.05, 4.69) is 5.10 Å². The zero-order chi connectivity index (χ0) is 19.6. The fraction of sp³-hybridized carbons (Fsp3) is 0.111. The monoisotopic (exact) mass is 370 g/mol. The van der Waals surface area contributed by atoms with Gasteiger partial charge in [0.2, 0.25) is 0 Å². The van der Waals surface area contributed by atoms with Crippen molar-refractivity contribution in [2.75, 3.05) is 14.1 Å². The van der Waals surface area contributed by atoms with Crippen LogP contribution in [0.5, 0.6) is 11.5 Å². The van der Waals surface area contributed by atoms with Gasteiger partial charge in [0.25, 0.3) is 5.69 Å². The van der Waals surface area contributed by atoms with Crippen molar-refractivity contribution in [1.29, 1.82) is 0 Å². The predicted octanol–water partition coefficient (Wildman–Crippen LogP) is 3.92. The van der Waals surface area contributed by atoms with E-state index >= 15 is 0 Å². The normalized spacial score (nSPS) is 10.5. The van der Waals surface area contributed by atoms with Crippen LogP contribution in [0.15, 0.2) is 54.7 Å². The van der Waals surface area contributed by atoms with Crippen molar-refractivity contribution in [2.24, 2.45) is 0 Å². The minimum atomic E-state index is -0.825. The Kier molecular flexibility index (Phi) is 4.84. The molecule has 2 aromatic carbocycles. The number of carbonyl (C=O) groups is 1.